The molecule has 142 valence electrons. The van der Waals surface area contributed by atoms with E-state index in [-0.39, 0.29) is 5.78 Å². The molecule has 0 unspecified atom stereocenters. The topological polar surface area (TPSA) is 62.2 Å². The first kappa shape index (κ1) is 18.1. The first-order valence-corrected chi connectivity index (χ1v) is 9.51. The summed E-state index contributed by atoms with van der Waals surface area (Å²) in [5.41, 5.74) is 2.45. The highest BCUT2D eigenvalue weighted by Crippen LogP contribution is 2.18. The average Bonchev–Trinajstić information content (AvgIpc) is 2.75. The molecule has 0 amide bonds. The Bertz CT molecular complexity index is 917. The minimum absolute atomic E-state index is 0.0125. The summed E-state index contributed by atoms with van der Waals surface area (Å²) in [5, 5.41) is 0. The van der Waals surface area contributed by atoms with Crippen molar-refractivity contribution >= 4 is 17.4 Å². The molecule has 3 aromatic rings. The van der Waals surface area contributed by atoms with Crippen molar-refractivity contribution in [2.75, 3.05) is 36.0 Å². The Morgan fingerprint density at radius 2 is 1.61 bits per heavy atom. The molecular weight excluding hydrogens is 350 g/mol. The van der Waals surface area contributed by atoms with Crippen LogP contribution in [-0.2, 0) is 6.42 Å². The second-order valence-electron chi connectivity index (χ2n) is 7.01. The van der Waals surface area contributed by atoms with Gasteiger partial charge in [0, 0.05) is 51.2 Å². The lowest BCUT2D eigenvalue weighted by Gasteiger charge is -2.36. The van der Waals surface area contributed by atoms with E-state index < -0.39 is 0 Å². The van der Waals surface area contributed by atoms with Gasteiger partial charge in [0.05, 0.1) is 0 Å². The molecule has 0 atom stereocenters. The number of pyridine rings is 3. The molecule has 1 aliphatic heterocycles. The number of piperazine rings is 1. The quantitative estimate of drug-likeness (QED) is 0.641. The summed E-state index contributed by atoms with van der Waals surface area (Å²) in [6, 6.07) is 13.7. The number of aromatic nitrogens is 3. The number of aryl methyl sites for hydroxylation is 1. The van der Waals surface area contributed by atoms with Crippen molar-refractivity contribution in [1.82, 2.24) is 15.0 Å². The average molecular weight is 373 g/mol. The molecule has 4 heterocycles. The minimum atomic E-state index is 0.0125. The highest BCUT2D eigenvalue weighted by atomic mass is 16.1. The van der Waals surface area contributed by atoms with Crippen molar-refractivity contribution in [3.05, 3.63) is 77.9 Å². The van der Waals surface area contributed by atoms with Gasteiger partial charge in [-0.15, -0.1) is 0 Å². The molecule has 1 fully saturated rings. The van der Waals surface area contributed by atoms with Crippen LogP contribution < -0.4 is 9.80 Å². The summed E-state index contributed by atoms with van der Waals surface area (Å²) in [4.78, 5) is 30.1. The van der Waals surface area contributed by atoms with Crippen LogP contribution in [0.25, 0.3) is 0 Å². The van der Waals surface area contributed by atoms with E-state index in [1.807, 2.05) is 49.5 Å². The highest BCUT2D eigenvalue weighted by molar-refractivity contribution is 5.95. The number of rotatable bonds is 5. The third-order valence-electron chi connectivity index (χ3n) is 4.95. The van der Waals surface area contributed by atoms with Crippen molar-refractivity contribution in [2.45, 2.75) is 13.3 Å². The van der Waals surface area contributed by atoms with Gasteiger partial charge < -0.3 is 9.80 Å². The summed E-state index contributed by atoms with van der Waals surface area (Å²) >= 11 is 0. The predicted octanol–water partition coefficient (Wildman–Crippen LogP) is 2.93. The standard InChI is InChI=1S/C22H23N5O/c1-17-5-7-19(24-15-17)20(28)14-18-6-8-22(25-16-18)27-12-10-26(11-13-27)21-4-2-3-9-23-21/h2-9,15-16H,10-14H2,1H3. The van der Waals surface area contributed by atoms with E-state index in [2.05, 4.69) is 24.8 Å². The number of nitrogens with zero attached hydrogens (tertiary/aromatic N) is 5. The lowest BCUT2D eigenvalue weighted by atomic mass is 10.1. The van der Waals surface area contributed by atoms with Gasteiger partial charge in [-0.2, -0.15) is 0 Å². The monoisotopic (exact) mass is 373 g/mol. The fraction of sp³-hybridized carbons (Fsp3) is 0.273. The largest absolute Gasteiger partial charge is 0.353 e. The normalized spacial score (nSPS) is 14.2. The van der Waals surface area contributed by atoms with Gasteiger partial charge in [0.1, 0.15) is 17.3 Å². The molecule has 28 heavy (non-hydrogen) atoms. The van der Waals surface area contributed by atoms with Crippen molar-refractivity contribution in [3.8, 4) is 0 Å². The van der Waals surface area contributed by atoms with E-state index in [0.717, 1.165) is 48.9 Å². The summed E-state index contributed by atoms with van der Waals surface area (Å²) in [7, 11) is 0. The number of ketones is 1. The van der Waals surface area contributed by atoms with Gasteiger partial charge in [0.25, 0.3) is 0 Å². The first-order valence-electron chi connectivity index (χ1n) is 9.51. The Kier molecular flexibility index (Phi) is 5.28. The second-order valence-corrected chi connectivity index (χ2v) is 7.01. The molecule has 6 nitrogen and oxygen atoms in total. The van der Waals surface area contributed by atoms with Gasteiger partial charge in [0.2, 0.25) is 0 Å². The zero-order valence-corrected chi connectivity index (χ0v) is 16.0. The molecule has 0 radical (unpaired) electrons. The zero-order valence-electron chi connectivity index (χ0n) is 16.0. The van der Waals surface area contributed by atoms with E-state index in [9.17, 15) is 4.79 Å². The van der Waals surface area contributed by atoms with Crippen LogP contribution >= 0.6 is 0 Å². The van der Waals surface area contributed by atoms with Crippen LogP contribution in [0.1, 0.15) is 21.6 Å². The van der Waals surface area contributed by atoms with Gasteiger partial charge in [-0.1, -0.05) is 18.2 Å². The lowest BCUT2D eigenvalue weighted by molar-refractivity contribution is 0.0988. The molecule has 0 spiro atoms. The maximum atomic E-state index is 12.4. The Hall–Kier alpha value is -3.28. The zero-order chi connectivity index (χ0) is 19.3. The van der Waals surface area contributed by atoms with Gasteiger partial charge in [-0.05, 0) is 42.3 Å². The fourth-order valence-electron chi connectivity index (χ4n) is 3.32. The molecule has 3 aromatic heterocycles. The highest BCUT2D eigenvalue weighted by Gasteiger charge is 2.19. The molecule has 1 aliphatic rings. The van der Waals surface area contributed by atoms with Crippen LogP contribution in [0.3, 0.4) is 0 Å². The Labute approximate surface area is 164 Å². The molecule has 0 aliphatic carbocycles. The Morgan fingerprint density at radius 1 is 0.857 bits per heavy atom. The summed E-state index contributed by atoms with van der Waals surface area (Å²) in [6.45, 7) is 5.58. The molecule has 1 saturated heterocycles. The smallest absolute Gasteiger partial charge is 0.185 e. The van der Waals surface area contributed by atoms with Crippen LogP contribution in [0, 0.1) is 6.92 Å². The number of hydrogen-bond donors (Lipinski definition) is 0. The number of carbonyl (C=O) groups is 1. The van der Waals surface area contributed by atoms with Crippen LogP contribution in [0.4, 0.5) is 11.6 Å². The molecule has 0 bridgehead atoms. The van der Waals surface area contributed by atoms with E-state index in [1.54, 1.807) is 18.5 Å². The van der Waals surface area contributed by atoms with Crippen molar-refractivity contribution < 1.29 is 4.79 Å². The summed E-state index contributed by atoms with van der Waals surface area (Å²) in [6.07, 6.45) is 5.66. The second kappa shape index (κ2) is 8.17. The van der Waals surface area contributed by atoms with Crippen molar-refractivity contribution in [2.24, 2.45) is 0 Å². The molecule has 4 rings (SSSR count). The fourth-order valence-corrected chi connectivity index (χ4v) is 3.32. The lowest BCUT2D eigenvalue weighted by Crippen LogP contribution is -2.47. The van der Waals surface area contributed by atoms with Gasteiger partial charge in [0.15, 0.2) is 5.78 Å². The van der Waals surface area contributed by atoms with Crippen LogP contribution in [0.15, 0.2) is 61.1 Å². The van der Waals surface area contributed by atoms with Crippen molar-refractivity contribution in [1.29, 1.82) is 0 Å². The Morgan fingerprint density at radius 3 is 2.18 bits per heavy atom. The van der Waals surface area contributed by atoms with E-state index in [4.69, 9.17) is 0 Å². The summed E-state index contributed by atoms with van der Waals surface area (Å²) < 4.78 is 0. The molecular formula is C22H23N5O. The number of carbonyl (C=O) groups excluding carboxylic acids is 1. The van der Waals surface area contributed by atoms with E-state index >= 15 is 0 Å². The number of hydrogen-bond acceptors (Lipinski definition) is 6. The molecule has 0 N–H and O–H groups in total. The minimum Gasteiger partial charge on any atom is -0.353 e. The maximum Gasteiger partial charge on any atom is 0.185 e. The number of Topliss-reactive ketones (excluding diaryl/α,β-unsaturated/α-hetero) is 1. The van der Waals surface area contributed by atoms with Crippen LogP contribution in [-0.4, -0.2) is 46.9 Å². The van der Waals surface area contributed by atoms with E-state index in [0.29, 0.717) is 12.1 Å². The molecule has 6 heteroatoms. The van der Waals surface area contributed by atoms with Gasteiger partial charge in [-0.3, -0.25) is 9.78 Å². The van der Waals surface area contributed by atoms with Crippen LogP contribution in [0.2, 0.25) is 0 Å². The first-order chi connectivity index (χ1) is 13.7. The third kappa shape index (κ3) is 4.17. The van der Waals surface area contributed by atoms with Crippen molar-refractivity contribution in [3.63, 3.8) is 0 Å². The van der Waals surface area contributed by atoms with E-state index in [1.165, 1.54) is 0 Å². The maximum absolute atomic E-state index is 12.4. The van der Waals surface area contributed by atoms with Crippen LogP contribution in [0.5, 0.6) is 0 Å². The van der Waals surface area contributed by atoms with Gasteiger partial charge in [-0.25, -0.2) is 9.97 Å². The molecule has 0 aromatic carbocycles. The van der Waals surface area contributed by atoms with Gasteiger partial charge >= 0.3 is 0 Å². The third-order valence-corrected chi connectivity index (χ3v) is 4.95. The molecule has 0 saturated carbocycles. The SMILES string of the molecule is Cc1ccc(C(=O)Cc2ccc(N3CCN(c4ccccn4)CC3)nc2)nc1. The summed E-state index contributed by atoms with van der Waals surface area (Å²) in [5.74, 6) is 1.98. The Balaban J connectivity index is 1.35. The number of anilines is 2. The predicted molar refractivity (Wildman–Crippen MR) is 110 cm³/mol.